The fraction of sp³-hybridized carbons (Fsp3) is 0.600. The highest BCUT2D eigenvalue weighted by atomic mass is 16.5. The van der Waals surface area contributed by atoms with Crippen LogP contribution in [0.5, 0.6) is 11.5 Å². The van der Waals surface area contributed by atoms with Crippen molar-refractivity contribution in [3.05, 3.63) is 23.8 Å². The van der Waals surface area contributed by atoms with Gasteiger partial charge in [0.15, 0.2) is 11.5 Å². The number of methoxy groups -OCH3 is 1. The van der Waals surface area contributed by atoms with Gasteiger partial charge in [0.2, 0.25) is 0 Å². The van der Waals surface area contributed by atoms with Crippen LogP contribution in [-0.4, -0.2) is 33.0 Å². The molecule has 4 heteroatoms. The monoisotopic (exact) mass is 267 g/mol. The maximum atomic E-state index is 5.86. The quantitative estimate of drug-likeness (QED) is 0.698. The summed E-state index contributed by atoms with van der Waals surface area (Å²) in [6.07, 6.45) is 1.78. The number of ether oxygens (including phenoxy) is 3. The number of para-hydroxylation sites is 1. The Balaban J connectivity index is 2.66. The molecule has 0 aliphatic rings. The van der Waals surface area contributed by atoms with Crippen molar-refractivity contribution in [3.8, 4) is 11.5 Å². The molecule has 2 N–H and O–H groups in total. The van der Waals surface area contributed by atoms with Crippen molar-refractivity contribution in [1.82, 2.24) is 0 Å². The summed E-state index contributed by atoms with van der Waals surface area (Å²) in [5, 5.41) is 0. The van der Waals surface area contributed by atoms with Gasteiger partial charge in [0.1, 0.15) is 6.61 Å². The molecule has 0 amide bonds. The second kappa shape index (κ2) is 8.77. The average molecular weight is 267 g/mol. The highest BCUT2D eigenvalue weighted by molar-refractivity contribution is 5.47. The maximum absolute atomic E-state index is 5.86. The van der Waals surface area contributed by atoms with Gasteiger partial charge < -0.3 is 19.9 Å². The Labute approximate surface area is 115 Å². The van der Waals surface area contributed by atoms with Crippen LogP contribution in [0.1, 0.15) is 25.8 Å². The van der Waals surface area contributed by atoms with Gasteiger partial charge in [-0.3, -0.25) is 0 Å². The number of benzene rings is 1. The van der Waals surface area contributed by atoms with Gasteiger partial charge in [-0.25, -0.2) is 0 Å². The Kier molecular flexibility index (Phi) is 7.30. The van der Waals surface area contributed by atoms with E-state index in [2.05, 4.69) is 6.92 Å². The smallest absolute Gasteiger partial charge is 0.164 e. The van der Waals surface area contributed by atoms with Crippen molar-refractivity contribution in [2.75, 3.05) is 26.9 Å². The number of rotatable bonds is 9. The molecule has 0 bridgehead atoms. The van der Waals surface area contributed by atoms with Gasteiger partial charge in [-0.05, 0) is 31.4 Å². The number of nitrogens with two attached hydrogens (primary N) is 1. The summed E-state index contributed by atoms with van der Waals surface area (Å²) in [7, 11) is 1.64. The third-order valence-electron chi connectivity index (χ3n) is 2.64. The van der Waals surface area contributed by atoms with Crippen LogP contribution in [0.2, 0.25) is 0 Å². The van der Waals surface area contributed by atoms with E-state index in [9.17, 15) is 0 Å². The summed E-state index contributed by atoms with van der Waals surface area (Å²) in [4.78, 5) is 0. The molecule has 0 aliphatic heterocycles. The summed E-state index contributed by atoms with van der Waals surface area (Å²) in [5.41, 5.74) is 6.93. The Morgan fingerprint density at radius 1 is 1.21 bits per heavy atom. The first kappa shape index (κ1) is 15.8. The zero-order valence-electron chi connectivity index (χ0n) is 12.1. The van der Waals surface area contributed by atoms with Crippen molar-refractivity contribution < 1.29 is 14.2 Å². The fourth-order valence-corrected chi connectivity index (χ4v) is 1.84. The lowest BCUT2D eigenvalue weighted by atomic mass is 10.1. The van der Waals surface area contributed by atoms with Crippen molar-refractivity contribution in [1.29, 1.82) is 0 Å². The molecule has 4 nitrogen and oxygen atoms in total. The molecule has 1 aromatic carbocycles. The molecule has 1 rings (SSSR count). The molecule has 0 aliphatic carbocycles. The molecule has 0 aromatic heterocycles. The maximum Gasteiger partial charge on any atom is 0.164 e. The van der Waals surface area contributed by atoms with Crippen LogP contribution in [0.3, 0.4) is 0 Å². The molecular weight excluding hydrogens is 242 g/mol. The molecule has 1 aromatic rings. The van der Waals surface area contributed by atoms with Crippen molar-refractivity contribution >= 4 is 0 Å². The first-order valence-corrected chi connectivity index (χ1v) is 6.81. The Morgan fingerprint density at radius 2 is 2.00 bits per heavy atom. The molecule has 0 saturated carbocycles. The molecule has 1 unspecified atom stereocenters. The third kappa shape index (κ3) is 5.49. The van der Waals surface area contributed by atoms with E-state index in [1.165, 1.54) is 0 Å². The Bertz CT molecular complexity index is 366. The first-order valence-electron chi connectivity index (χ1n) is 6.81. The van der Waals surface area contributed by atoms with Crippen LogP contribution in [0.25, 0.3) is 0 Å². The zero-order valence-corrected chi connectivity index (χ0v) is 12.1. The fourth-order valence-electron chi connectivity index (χ4n) is 1.84. The van der Waals surface area contributed by atoms with E-state index in [4.69, 9.17) is 19.9 Å². The molecule has 108 valence electrons. The lowest BCUT2D eigenvalue weighted by Gasteiger charge is -2.16. The number of hydrogen-bond acceptors (Lipinski definition) is 4. The van der Waals surface area contributed by atoms with E-state index < -0.39 is 0 Å². The Hall–Kier alpha value is -1.26. The van der Waals surface area contributed by atoms with Crippen LogP contribution in [-0.2, 0) is 11.2 Å². The Morgan fingerprint density at radius 3 is 2.63 bits per heavy atom. The van der Waals surface area contributed by atoms with E-state index in [0.29, 0.717) is 13.2 Å². The second-order valence-corrected chi connectivity index (χ2v) is 4.59. The van der Waals surface area contributed by atoms with Crippen LogP contribution in [0.4, 0.5) is 0 Å². The standard InChI is InChI=1S/C15H25NO3/c1-4-8-18-9-10-19-15-13(11-12(2)16)6-5-7-14(15)17-3/h5-7,12H,4,8-11,16H2,1-3H3. The molecule has 0 saturated heterocycles. The van der Waals surface area contributed by atoms with E-state index in [-0.39, 0.29) is 6.04 Å². The minimum atomic E-state index is 0.0887. The largest absolute Gasteiger partial charge is 0.493 e. The predicted octanol–water partition coefficient (Wildman–Crippen LogP) is 2.39. The van der Waals surface area contributed by atoms with Gasteiger partial charge in [-0.15, -0.1) is 0 Å². The average Bonchev–Trinajstić information content (AvgIpc) is 2.39. The van der Waals surface area contributed by atoms with Crippen molar-refractivity contribution in [2.45, 2.75) is 32.7 Å². The summed E-state index contributed by atoms with van der Waals surface area (Å²) in [5.74, 6) is 1.52. The van der Waals surface area contributed by atoms with Crippen molar-refractivity contribution in [2.24, 2.45) is 5.73 Å². The van der Waals surface area contributed by atoms with Gasteiger partial charge in [0.05, 0.1) is 13.7 Å². The predicted molar refractivity (Wildman–Crippen MR) is 77.0 cm³/mol. The lowest BCUT2D eigenvalue weighted by Crippen LogP contribution is -2.19. The van der Waals surface area contributed by atoms with E-state index in [1.54, 1.807) is 7.11 Å². The molecule has 19 heavy (non-hydrogen) atoms. The summed E-state index contributed by atoms with van der Waals surface area (Å²) in [6, 6.07) is 5.96. The number of hydrogen-bond donors (Lipinski definition) is 1. The van der Waals surface area contributed by atoms with Gasteiger partial charge in [0, 0.05) is 12.6 Å². The van der Waals surface area contributed by atoms with Crippen LogP contribution >= 0.6 is 0 Å². The highest BCUT2D eigenvalue weighted by Crippen LogP contribution is 2.31. The SMILES string of the molecule is CCCOCCOc1c(CC(C)N)cccc1OC. The van der Waals surface area contributed by atoms with Crippen molar-refractivity contribution in [3.63, 3.8) is 0 Å². The third-order valence-corrected chi connectivity index (χ3v) is 2.64. The lowest BCUT2D eigenvalue weighted by molar-refractivity contribution is 0.0991. The second-order valence-electron chi connectivity index (χ2n) is 4.59. The minimum absolute atomic E-state index is 0.0887. The topological polar surface area (TPSA) is 53.7 Å². The summed E-state index contributed by atoms with van der Waals surface area (Å²) >= 11 is 0. The summed E-state index contributed by atoms with van der Waals surface area (Å²) < 4.78 is 16.5. The zero-order chi connectivity index (χ0) is 14.1. The van der Waals surface area contributed by atoms with Gasteiger partial charge in [-0.1, -0.05) is 19.1 Å². The van der Waals surface area contributed by atoms with E-state index in [1.807, 2.05) is 25.1 Å². The van der Waals surface area contributed by atoms with Crippen LogP contribution in [0.15, 0.2) is 18.2 Å². The van der Waals surface area contributed by atoms with Gasteiger partial charge >= 0.3 is 0 Å². The minimum Gasteiger partial charge on any atom is -0.493 e. The molecule has 0 radical (unpaired) electrons. The van der Waals surface area contributed by atoms with Gasteiger partial charge in [-0.2, -0.15) is 0 Å². The van der Waals surface area contributed by atoms with E-state index in [0.717, 1.165) is 36.5 Å². The van der Waals surface area contributed by atoms with E-state index >= 15 is 0 Å². The summed E-state index contributed by atoms with van der Waals surface area (Å²) in [6.45, 7) is 5.94. The highest BCUT2D eigenvalue weighted by Gasteiger charge is 2.11. The normalized spacial score (nSPS) is 12.2. The molecular formula is C15H25NO3. The van der Waals surface area contributed by atoms with Gasteiger partial charge in [0.25, 0.3) is 0 Å². The molecule has 0 fully saturated rings. The first-order chi connectivity index (χ1) is 9.19. The van der Waals surface area contributed by atoms with Crippen LogP contribution in [0, 0.1) is 0 Å². The molecule has 1 atom stereocenters. The molecule has 0 heterocycles. The molecule has 0 spiro atoms. The van der Waals surface area contributed by atoms with Crippen LogP contribution < -0.4 is 15.2 Å².